The van der Waals surface area contributed by atoms with Crippen molar-refractivity contribution in [1.29, 1.82) is 0 Å². The Morgan fingerprint density at radius 3 is 2.47 bits per heavy atom. The van der Waals surface area contributed by atoms with E-state index in [0.29, 0.717) is 16.7 Å². The third kappa shape index (κ3) is 2.50. The smallest absolute Gasteiger partial charge is 0.153 e. The second-order valence-corrected chi connectivity index (χ2v) is 4.76. The second-order valence-electron chi connectivity index (χ2n) is 3.68. The summed E-state index contributed by atoms with van der Waals surface area (Å²) in [6, 6.07) is 13.1. The van der Waals surface area contributed by atoms with Crippen LogP contribution in [0.15, 0.2) is 52.3 Å². The van der Waals surface area contributed by atoms with Gasteiger partial charge < -0.3 is 5.11 Å². The zero-order valence-corrected chi connectivity index (χ0v) is 10.2. The molecule has 2 nitrogen and oxygen atoms in total. The lowest BCUT2D eigenvalue weighted by molar-refractivity contribution is 0.112. The highest BCUT2D eigenvalue weighted by Gasteiger charge is 2.08. The Morgan fingerprint density at radius 1 is 1.06 bits per heavy atom. The fraction of sp³-hybridized carbons (Fsp3) is 0.0714. The third-order valence-electron chi connectivity index (χ3n) is 2.47. The first-order valence-corrected chi connectivity index (χ1v) is 6.04. The number of phenols is 1. The molecule has 17 heavy (non-hydrogen) atoms. The third-order valence-corrected chi connectivity index (χ3v) is 3.70. The number of aldehydes is 1. The summed E-state index contributed by atoms with van der Waals surface area (Å²) in [5, 5.41) is 9.89. The van der Waals surface area contributed by atoms with E-state index in [1.54, 1.807) is 18.2 Å². The molecule has 0 aromatic heterocycles. The highest BCUT2D eigenvalue weighted by Crippen LogP contribution is 2.36. The molecule has 0 radical (unpaired) electrons. The van der Waals surface area contributed by atoms with Crippen LogP contribution in [-0.4, -0.2) is 11.4 Å². The molecule has 0 unspecified atom stereocenters. The molecule has 86 valence electrons. The number of para-hydroxylation sites is 1. The molecule has 0 spiro atoms. The van der Waals surface area contributed by atoms with Crippen LogP contribution in [0.25, 0.3) is 0 Å². The SMILES string of the molecule is Cc1ccccc1Sc1cccc(C=O)c1O. The molecule has 0 atom stereocenters. The lowest BCUT2D eigenvalue weighted by Gasteiger charge is -2.07. The van der Waals surface area contributed by atoms with Gasteiger partial charge in [-0.15, -0.1) is 0 Å². The number of benzene rings is 2. The van der Waals surface area contributed by atoms with Gasteiger partial charge in [0.2, 0.25) is 0 Å². The Morgan fingerprint density at radius 2 is 1.76 bits per heavy atom. The van der Waals surface area contributed by atoms with Crippen LogP contribution in [-0.2, 0) is 0 Å². The number of hydrogen-bond acceptors (Lipinski definition) is 3. The standard InChI is InChI=1S/C14H12O2S/c1-10-5-2-3-7-12(10)17-13-8-4-6-11(9-15)14(13)16/h2-9,16H,1H3. The molecule has 0 aliphatic heterocycles. The second kappa shape index (κ2) is 5.06. The first kappa shape index (κ1) is 11.7. The fourth-order valence-corrected chi connectivity index (χ4v) is 2.48. The van der Waals surface area contributed by atoms with E-state index in [2.05, 4.69) is 0 Å². The zero-order chi connectivity index (χ0) is 12.3. The summed E-state index contributed by atoms with van der Waals surface area (Å²) < 4.78 is 0. The van der Waals surface area contributed by atoms with Crippen LogP contribution in [0.5, 0.6) is 5.75 Å². The van der Waals surface area contributed by atoms with E-state index < -0.39 is 0 Å². The monoisotopic (exact) mass is 244 g/mol. The number of aryl methyl sites for hydroxylation is 1. The molecule has 0 saturated carbocycles. The molecular weight excluding hydrogens is 232 g/mol. The zero-order valence-electron chi connectivity index (χ0n) is 9.38. The lowest BCUT2D eigenvalue weighted by Crippen LogP contribution is -1.84. The van der Waals surface area contributed by atoms with Gasteiger partial charge in [0.15, 0.2) is 6.29 Å². The van der Waals surface area contributed by atoms with E-state index in [1.807, 2.05) is 31.2 Å². The summed E-state index contributed by atoms with van der Waals surface area (Å²) in [5.41, 5.74) is 1.47. The van der Waals surface area contributed by atoms with Crippen LogP contribution >= 0.6 is 11.8 Å². The van der Waals surface area contributed by atoms with Gasteiger partial charge >= 0.3 is 0 Å². The van der Waals surface area contributed by atoms with Crippen molar-refractivity contribution in [1.82, 2.24) is 0 Å². The summed E-state index contributed by atoms with van der Waals surface area (Å²) in [5.74, 6) is 0.0516. The van der Waals surface area contributed by atoms with Crippen LogP contribution in [0.2, 0.25) is 0 Å². The van der Waals surface area contributed by atoms with Crippen LogP contribution in [0.3, 0.4) is 0 Å². The average molecular weight is 244 g/mol. The van der Waals surface area contributed by atoms with Crippen molar-refractivity contribution >= 4 is 18.0 Å². The van der Waals surface area contributed by atoms with Crippen molar-refractivity contribution in [3.05, 3.63) is 53.6 Å². The van der Waals surface area contributed by atoms with Crippen molar-refractivity contribution in [2.45, 2.75) is 16.7 Å². The highest BCUT2D eigenvalue weighted by atomic mass is 32.2. The molecule has 2 aromatic rings. The maximum atomic E-state index is 10.7. The van der Waals surface area contributed by atoms with E-state index in [0.717, 1.165) is 10.5 Å². The maximum absolute atomic E-state index is 10.7. The normalized spacial score (nSPS) is 10.2. The number of carbonyl (C=O) groups is 1. The topological polar surface area (TPSA) is 37.3 Å². The van der Waals surface area contributed by atoms with Crippen molar-refractivity contribution in [2.24, 2.45) is 0 Å². The molecule has 0 saturated heterocycles. The minimum atomic E-state index is 0.0516. The first-order valence-electron chi connectivity index (χ1n) is 5.23. The molecule has 3 heteroatoms. The lowest BCUT2D eigenvalue weighted by atomic mass is 10.2. The summed E-state index contributed by atoms with van der Waals surface area (Å²) in [6.45, 7) is 2.02. The molecule has 0 aliphatic carbocycles. The summed E-state index contributed by atoms with van der Waals surface area (Å²) in [4.78, 5) is 12.5. The summed E-state index contributed by atoms with van der Waals surface area (Å²) in [6.07, 6.45) is 0.664. The molecule has 1 N–H and O–H groups in total. The van der Waals surface area contributed by atoms with E-state index in [1.165, 1.54) is 11.8 Å². The molecule has 0 fully saturated rings. The van der Waals surface area contributed by atoms with Gasteiger partial charge in [-0.05, 0) is 30.7 Å². The summed E-state index contributed by atoms with van der Waals surface area (Å²) in [7, 11) is 0. The number of phenolic OH excluding ortho intramolecular Hbond substituents is 1. The van der Waals surface area contributed by atoms with E-state index >= 15 is 0 Å². The Hall–Kier alpha value is -1.74. The largest absolute Gasteiger partial charge is 0.506 e. The van der Waals surface area contributed by atoms with Crippen molar-refractivity contribution in [3.63, 3.8) is 0 Å². The molecule has 0 bridgehead atoms. The number of hydrogen-bond donors (Lipinski definition) is 1. The number of carbonyl (C=O) groups excluding carboxylic acids is 1. The molecular formula is C14H12O2S. The van der Waals surface area contributed by atoms with Crippen LogP contribution < -0.4 is 0 Å². The predicted octanol–water partition coefficient (Wildman–Crippen LogP) is 3.66. The minimum absolute atomic E-state index is 0.0516. The van der Waals surface area contributed by atoms with E-state index in [9.17, 15) is 9.90 Å². The van der Waals surface area contributed by atoms with Crippen LogP contribution in [0.4, 0.5) is 0 Å². The van der Waals surface area contributed by atoms with Gasteiger partial charge in [-0.25, -0.2) is 0 Å². The van der Waals surface area contributed by atoms with Crippen LogP contribution in [0.1, 0.15) is 15.9 Å². The van der Waals surface area contributed by atoms with Gasteiger partial charge in [-0.2, -0.15) is 0 Å². The van der Waals surface area contributed by atoms with Crippen molar-refractivity contribution < 1.29 is 9.90 Å². The molecule has 0 amide bonds. The van der Waals surface area contributed by atoms with Crippen LogP contribution in [0, 0.1) is 6.92 Å². The molecule has 0 aliphatic rings. The van der Waals surface area contributed by atoms with E-state index in [4.69, 9.17) is 0 Å². The van der Waals surface area contributed by atoms with Crippen molar-refractivity contribution in [3.8, 4) is 5.75 Å². The van der Waals surface area contributed by atoms with E-state index in [-0.39, 0.29) is 5.75 Å². The quantitative estimate of drug-likeness (QED) is 0.837. The molecule has 0 heterocycles. The Balaban J connectivity index is 2.37. The minimum Gasteiger partial charge on any atom is -0.506 e. The first-order chi connectivity index (χ1) is 8.22. The highest BCUT2D eigenvalue weighted by molar-refractivity contribution is 7.99. The van der Waals surface area contributed by atoms with Gasteiger partial charge in [-0.1, -0.05) is 36.0 Å². The van der Waals surface area contributed by atoms with Gasteiger partial charge in [0.05, 0.1) is 10.5 Å². The maximum Gasteiger partial charge on any atom is 0.153 e. The van der Waals surface area contributed by atoms with Gasteiger partial charge in [0, 0.05) is 4.90 Å². The van der Waals surface area contributed by atoms with Gasteiger partial charge in [-0.3, -0.25) is 4.79 Å². The number of rotatable bonds is 3. The van der Waals surface area contributed by atoms with Crippen molar-refractivity contribution in [2.75, 3.05) is 0 Å². The van der Waals surface area contributed by atoms with Gasteiger partial charge in [0.1, 0.15) is 5.75 Å². The predicted molar refractivity (Wildman–Crippen MR) is 68.8 cm³/mol. The number of aromatic hydroxyl groups is 1. The average Bonchev–Trinajstić information content (AvgIpc) is 2.34. The summed E-state index contributed by atoms with van der Waals surface area (Å²) >= 11 is 1.46. The Labute approximate surface area is 104 Å². The fourth-order valence-electron chi connectivity index (χ4n) is 1.51. The molecule has 2 aromatic carbocycles. The Kier molecular flexibility index (Phi) is 3.49. The van der Waals surface area contributed by atoms with Gasteiger partial charge in [0.25, 0.3) is 0 Å². The Bertz CT molecular complexity index is 550. The molecule has 2 rings (SSSR count).